The van der Waals surface area contributed by atoms with Crippen LogP contribution in [0.15, 0.2) is 0 Å². The molecule has 0 saturated carbocycles. The molecule has 20 heavy (non-hydrogen) atoms. The molecule has 1 unspecified atom stereocenters. The summed E-state index contributed by atoms with van der Waals surface area (Å²) in [6.07, 6.45) is 2.53. The first kappa shape index (κ1) is 18.4. The highest BCUT2D eigenvalue weighted by atomic mass is 16.4. The van der Waals surface area contributed by atoms with Crippen LogP contribution < -0.4 is 5.32 Å². The first-order valence-electron chi connectivity index (χ1n) is 7.20. The van der Waals surface area contributed by atoms with Crippen molar-refractivity contribution in [2.45, 2.75) is 58.9 Å². The summed E-state index contributed by atoms with van der Waals surface area (Å²) >= 11 is 0. The fraction of sp³-hybridized carbons (Fsp3) is 0.786. The zero-order valence-electron chi connectivity index (χ0n) is 12.6. The summed E-state index contributed by atoms with van der Waals surface area (Å²) in [7, 11) is 0. The number of hydrogen-bond donors (Lipinski definition) is 2. The van der Waals surface area contributed by atoms with Crippen LogP contribution in [0.5, 0.6) is 0 Å². The normalized spacial score (nSPS) is 11.8. The summed E-state index contributed by atoms with van der Waals surface area (Å²) in [5.74, 6) is -1.28. The van der Waals surface area contributed by atoms with Crippen LogP contribution in [0, 0.1) is 0 Å². The van der Waals surface area contributed by atoms with Gasteiger partial charge in [-0.25, -0.2) is 0 Å². The molecule has 0 fully saturated rings. The maximum atomic E-state index is 12.0. The van der Waals surface area contributed by atoms with E-state index in [1.165, 1.54) is 4.90 Å². The van der Waals surface area contributed by atoms with Crippen LogP contribution >= 0.6 is 0 Å². The van der Waals surface area contributed by atoms with Gasteiger partial charge in [0.15, 0.2) is 0 Å². The fourth-order valence-corrected chi connectivity index (χ4v) is 1.75. The Bertz CT molecular complexity index is 331. The summed E-state index contributed by atoms with van der Waals surface area (Å²) < 4.78 is 0. The molecule has 116 valence electrons. The van der Waals surface area contributed by atoms with Crippen molar-refractivity contribution in [1.82, 2.24) is 10.2 Å². The second kappa shape index (κ2) is 10.2. The van der Waals surface area contributed by atoms with Gasteiger partial charge < -0.3 is 15.3 Å². The third-order valence-corrected chi connectivity index (χ3v) is 3.12. The number of nitrogens with one attached hydrogen (secondary N) is 1. The van der Waals surface area contributed by atoms with Crippen LogP contribution in [0.3, 0.4) is 0 Å². The number of carboxylic acids is 1. The van der Waals surface area contributed by atoms with Gasteiger partial charge in [-0.05, 0) is 26.2 Å². The summed E-state index contributed by atoms with van der Waals surface area (Å²) in [4.78, 5) is 35.5. The van der Waals surface area contributed by atoms with Crippen LogP contribution in [-0.2, 0) is 14.4 Å². The summed E-state index contributed by atoms with van der Waals surface area (Å²) in [5.41, 5.74) is 0. The summed E-state index contributed by atoms with van der Waals surface area (Å²) in [6, 6.07) is -0.104. The number of hydrogen-bond acceptors (Lipinski definition) is 3. The van der Waals surface area contributed by atoms with Crippen molar-refractivity contribution >= 4 is 17.8 Å². The molecule has 0 aliphatic carbocycles. The van der Waals surface area contributed by atoms with Gasteiger partial charge >= 0.3 is 5.97 Å². The van der Waals surface area contributed by atoms with E-state index in [0.717, 1.165) is 6.42 Å². The highest BCUT2D eigenvalue weighted by molar-refractivity contribution is 5.82. The number of carbonyl (C=O) groups is 3. The van der Waals surface area contributed by atoms with Crippen molar-refractivity contribution in [2.24, 2.45) is 0 Å². The van der Waals surface area contributed by atoms with Gasteiger partial charge in [-0.15, -0.1) is 0 Å². The lowest BCUT2D eigenvalue weighted by atomic mass is 10.1. The van der Waals surface area contributed by atoms with Gasteiger partial charge in [-0.1, -0.05) is 13.8 Å². The number of carbonyl (C=O) groups excluding carboxylic acids is 2. The van der Waals surface area contributed by atoms with Crippen molar-refractivity contribution in [3.63, 3.8) is 0 Å². The smallest absolute Gasteiger partial charge is 0.323 e. The predicted molar refractivity (Wildman–Crippen MR) is 76.3 cm³/mol. The SMILES string of the molecule is CCCNC(=O)CCCC(=O)N(CC(=O)O)C(C)CC. The van der Waals surface area contributed by atoms with Gasteiger partial charge in [0.2, 0.25) is 11.8 Å². The van der Waals surface area contributed by atoms with Gasteiger partial charge in [0.25, 0.3) is 0 Å². The van der Waals surface area contributed by atoms with Gasteiger partial charge in [0, 0.05) is 25.4 Å². The molecule has 0 aromatic carbocycles. The Balaban J connectivity index is 4.19. The van der Waals surface area contributed by atoms with E-state index in [9.17, 15) is 14.4 Å². The predicted octanol–water partition coefficient (Wildman–Crippen LogP) is 1.39. The van der Waals surface area contributed by atoms with E-state index in [-0.39, 0.29) is 30.8 Å². The van der Waals surface area contributed by atoms with Gasteiger partial charge in [0.1, 0.15) is 6.54 Å². The Morgan fingerprint density at radius 3 is 2.35 bits per heavy atom. The summed E-state index contributed by atoms with van der Waals surface area (Å²) in [6.45, 7) is 6.07. The second-order valence-electron chi connectivity index (χ2n) is 4.88. The van der Waals surface area contributed by atoms with Crippen LogP contribution in [0.1, 0.15) is 52.9 Å². The van der Waals surface area contributed by atoms with E-state index in [2.05, 4.69) is 5.32 Å². The van der Waals surface area contributed by atoms with Gasteiger partial charge in [0.05, 0.1) is 0 Å². The zero-order chi connectivity index (χ0) is 15.5. The van der Waals surface area contributed by atoms with Crippen molar-refractivity contribution in [2.75, 3.05) is 13.1 Å². The maximum Gasteiger partial charge on any atom is 0.323 e. The number of aliphatic carboxylic acids is 1. The second-order valence-corrected chi connectivity index (χ2v) is 4.88. The molecule has 0 radical (unpaired) electrons. The first-order chi connectivity index (χ1) is 9.42. The summed E-state index contributed by atoms with van der Waals surface area (Å²) in [5, 5.41) is 11.6. The molecule has 6 nitrogen and oxygen atoms in total. The van der Waals surface area contributed by atoms with Crippen molar-refractivity contribution in [3.05, 3.63) is 0 Å². The van der Waals surface area contributed by atoms with E-state index in [0.29, 0.717) is 25.8 Å². The maximum absolute atomic E-state index is 12.0. The molecule has 0 bridgehead atoms. The third-order valence-electron chi connectivity index (χ3n) is 3.12. The minimum Gasteiger partial charge on any atom is -0.480 e. The average Bonchev–Trinajstić information content (AvgIpc) is 2.41. The molecule has 1 atom stereocenters. The minimum atomic E-state index is -1.01. The van der Waals surface area contributed by atoms with Crippen LogP contribution in [0.2, 0.25) is 0 Å². The molecule has 6 heteroatoms. The van der Waals surface area contributed by atoms with E-state index < -0.39 is 5.97 Å². The molecule has 0 aromatic rings. The van der Waals surface area contributed by atoms with Crippen LogP contribution in [0.4, 0.5) is 0 Å². The number of carboxylic acid groups (broad SMARTS) is 1. The van der Waals surface area contributed by atoms with E-state index in [1.807, 2.05) is 20.8 Å². The highest BCUT2D eigenvalue weighted by Gasteiger charge is 2.21. The largest absolute Gasteiger partial charge is 0.480 e. The monoisotopic (exact) mass is 286 g/mol. The molecule has 2 amide bonds. The molecule has 0 aliphatic rings. The van der Waals surface area contributed by atoms with Gasteiger partial charge in [-0.2, -0.15) is 0 Å². The zero-order valence-corrected chi connectivity index (χ0v) is 12.6. The van der Waals surface area contributed by atoms with Crippen molar-refractivity contribution in [1.29, 1.82) is 0 Å². The Hall–Kier alpha value is -1.59. The van der Waals surface area contributed by atoms with E-state index in [4.69, 9.17) is 5.11 Å². The molecule has 0 spiro atoms. The average molecular weight is 286 g/mol. The molecule has 0 rings (SSSR count). The van der Waals surface area contributed by atoms with E-state index in [1.54, 1.807) is 0 Å². The highest BCUT2D eigenvalue weighted by Crippen LogP contribution is 2.08. The standard InChI is InChI=1S/C14H26N2O4/c1-4-9-15-12(17)7-6-8-13(18)16(10-14(19)20)11(3)5-2/h11H,4-10H2,1-3H3,(H,15,17)(H,19,20). The molecule has 0 aromatic heterocycles. The molecular formula is C14H26N2O4. The molecule has 0 saturated heterocycles. The molecule has 0 aliphatic heterocycles. The first-order valence-corrected chi connectivity index (χ1v) is 7.20. The van der Waals surface area contributed by atoms with Crippen molar-refractivity contribution in [3.8, 4) is 0 Å². The lowest BCUT2D eigenvalue weighted by Crippen LogP contribution is -2.41. The lowest BCUT2D eigenvalue weighted by molar-refractivity contribution is -0.146. The number of nitrogens with zero attached hydrogens (tertiary/aromatic N) is 1. The molecular weight excluding hydrogens is 260 g/mol. The van der Waals surface area contributed by atoms with Gasteiger partial charge in [-0.3, -0.25) is 14.4 Å². The van der Waals surface area contributed by atoms with Crippen molar-refractivity contribution < 1.29 is 19.5 Å². The Labute approximate surface area is 120 Å². The Kier molecular flexibility index (Phi) is 9.41. The quantitative estimate of drug-likeness (QED) is 0.635. The Morgan fingerprint density at radius 1 is 1.20 bits per heavy atom. The topological polar surface area (TPSA) is 86.7 Å². The molecule has 0 heterocycles. The van der Waals surface area contributed by atoms with E-state index >= 15 is 0 Å². The molecule has 2 N–H and O–H groups in total. The minimum absolute atomic E-state index is 0.0621. The Morgan fingerprint density at radius 2 is 1.85 bits per heavy atom. The fourth-order valence-electron chi connectivity index (χ4n) is 1.75. The number of amides is 2. The van der Waals surface area contributed by atoms with Crippen LogP contribution in [-0.4, -0.2) is 46.9 Å². The van der Waals surface area contributed by atoms with Crippen LogP contribution in [0.25, 0.3) is 0 Å². The third kappa shape index (κ3) is 7.76. The lowest BCUT2D eigenvalue weighted by Gasteiger charge is -2.27. The number of rotatable bonds is 10.